The van der Waals surface area contributed by atoms with Crippen molar-refractivity contribution < 1.29 is 0 Å². The molecule has 2 saturated heterocycles. The summed E-state index contributed by atoms with van der Waals surface area (Å²) in [6.07, 6.45) is 6.75. The van der Waals surface area contributed by atoms with Gasteiger partial charge in [0.25, 0.3) is 0 Å². The van der Waals surface area contributed by atoms with Crippen molar-refractivity contribution in [3.8, 4) is 0 Å². The minimum atomic E-state index is 0.534. The Balaban J connectivity index is 1.37. The van der Waals surface area contributed by atoms with E-state index >= 15 is 0 Å². The number of aromatic amines is 1. The number of piperidine rings is 1. The van der Waals surface area contributed by atoms with Crippen molar-refractivity contribution in [2.45, 2.75) is 65.1 Å². The smallest absolute Gasteiger partial charge is 0.147 e. The van der Waals surface area contributed by atoms with Crippen LogP contribution in [0.15, 0.2) is 6.33 Å². The lowest BCUT2D eigenvalue weighted by molar-refractivity contribution is 0.197. The molecular weight excluding hydrogens is 326 g/mol. The molecule has 2 aliphatic heterocycles. The normalized spacial score (nSPS) is 20.2. The summed E-state index contributed by atoms with van der Waals surface area (Å²) in [5.41, 5.74) is 2.36. The topological polar surface area (TPSA) is 65.9 Å². The number of nitrogens with zero attached hydrogens (tertiary/aromatic N) is 6. The minimum absolute atomic E-state index is 0.534. The SMILES string of the molecule is CCn1c(CN2CCCC2)nnc1C1CCN(Cc2nc[nH]c2C)CC1. The van der Waals surface area contributed by atoms with Gasteiger partial charge in [0.2, 0.25) is 0 Å². The van der Waals surface area contributed by atoms with Crippen LogP contribution in [0.4, 0.5) is 0 Å². The van der Waals surface area contributed by atoms with Crippen LogP contribution in [0.25, 0.3) is 0 Å². The van der Waals surface area contributed by atoms with Gasteiger partial charge in [0.15, 0.2) is 0 Å². The van der Waals surface area contributed by atoms with E-state index < -0.39 is 0 Å². The van der Waals surface area contributed by atoms with E-state index in [1.165, 1.54) is 43.1 Å². The maximum absolute atomic E-state index is 4.62. The molecule has 1 N–H and O–H groups in total. The molecule has 142 valence electrons. The second-order valence-corrected chi connectivity index (χ2v) is 7.73. The second-order valence-electron chi connectivity index (χ2n) is 7.73. The van der Waals surface area contributed by atoms with Crippen LogP contribution in [-0.2, 0) is 19.6 Å². The molecule has 2 aromatic heterocycles. The van der Waals surface area contributed by atoms with E-state index in [-0.39, 0.29) is 0 Å². The average molecular weight is 358 g/mol. The lowest BCUT2D eigenvalue weighted by Gasteiger charge is -2.31. The summed E-state index contributed by atoms with van der Waals surface area (Å²) in [6, 6.07) is 0. The molecule has 4 heterocycles. The summed E-state index contributed by atoms with van der Waals surface area (Å²) in [5.74, 6) is 2.89. The van der Waals surface area contributed by atoms with Gasteiger partial charge >= 0.3 is 0 Å². The molecule has 4 rings (SSSR count). The molecule has 2 aromatic rings. The lowest BCUT2D eigenvalue weighted by atomic mass is 9.95. The van der Waals surface area contributed by atoms with E-state index in [1.54, 1.807) is 6.33 Å². The molecule has 2 aliphatic rings. The molecule has 0 bridgehead atoms. The first-order chi connectivity index (χ1) is 12.7. The molecule has 0 radical (unpaired) electrons. The number of hydrogen-bond acceptors (Lipinski definition) is 5. The number of likely N-dealkylation sites (tertiary alicyclic amines) is 2. The molecule has 0 spiro atoms. The van der Waals surface area contributed by atoms with Crippen molar-refractivity contribution in [3.63, 3.8) is 0 Å². The molecule has 0 aromatic carbocycles. The highest BCUT2D eigenvalue weighted by atomic mass is 15.3. The van der Waals surface area contributed by atoms with E-state index in [1.807, 2.05) is 0 Å². The first-order valence-electron chi connectivity index (χ1n) is 10.1. The van der Waals surface area contributed by atoms with Gasteiger partial charge in [-0.1, -0.05) is 0 Å². The van der Waals surface area contributed by atoms with Crippen LogP contribution in [-0.4, -0.2) is 60.7 Å². The zero-order chi connectivity index (χ0) is 17.9. The van der Waals surface area contributed by atoms with Gasteiger partial charge in [-0.05, 0) is 65.7 Å². The summed E-state index contributed by atoms with van der Waals surface area (Å²) in [7, 11) is 0. The maximum Gasteiger partial charge on any atom is 0.147 e. The highest BCUT2D eigenvalue weighted by molar-refractivity contribution is 5.09. The Hall–Kier alpha value is -1.73. The van der Waals surface area contributed by atoms with Crippen molar-refractivity contribution in [1.82, 2.24) is 34.5 Å². The third-order valence-electron chi connectivity index (χ3n) is 6.00. The van der Waals surface area contributed by atoms with Crippen molar-refractivity contribution in [2.75, 3.05) is 26.2 Å². The summed E-state index contributed by atoms with van der Waals surface area (Å²) >= 11 is 0. The molecule has 2 fully saturated rings. The number of imidazole rings is 1. The highest BCUT2D eigenvalue weighted by Gasteiger charge is 2.27. The standard InChI is InChI=1S/C19H31N7/c1-3-26-18(13-24-8-4-5-9-24)22-23-19(26)16-6-10-25(11-7-16)12-17-15(2)20-14-21-17/h14,16H,3-13H2,1-2H3,(H,20,21). The van der Waals surface area contributed by atoms with Crippen LogP contribution in [0.1, 0.15) is 61.6 Å². The van der Waals surface area contributed by atoms with Crippen LogP contribution >= 0.6 is 0 Å². The molecule has 7 heteroatoms. The van der Waals surface area contributed by atoms with E-state index in [9.17, 15) is 0 Å². The quantitative estimate of drug-likeness (QED) is 0.859. The molecule has 0 amide bonds. The van der Waals surface area contributed by atoms with Gasteiger partial charge in [-0.15, -0.1) is 10.2 Å². The monoisotopic (exact) mass is 357 g/mol. The van der Waals surface area contributed by atoms with Gasteiger partial charge in [-0.3, -0.25) is 9.80 Å². The largest absolute Gasteiger partial charge is 0.348 e. The van der Waals surface area contributed by atoms with Crippen LogP contribution in [0.5, 0.6) is 0 Å². The molecular formula is C19H31N7. The number of aromatic nitrogens is 5. The summed E-state index contributed by atoms with van der Waals surface area (Å²) in [4.78, 5) is 12.6. The average Bonchev–Trinajstić information content (AvgIpc) is 3.39. The summed E-state index contributed by atoms with van der Waals surface area (Å²) in [6.45, 7) is 11.8. The summed E-state index contributed by atoms with van der Waals surface area (Å²) in [5, 5.41) is 9.18. The number of hydrogen-bond donors (Lipinski definition) is 1. The van der Waals surface area contributed by atoms with Crippen molar-refractivity contribution in [3.05, 3.63) is 29.4 Å². The number of H-pyrrole nitrogens is 1. The fourth-order valence-electron chi connectivity index (χ4n) is 4.36. The zero-order valence-electron chi connectivity index (χ0n) is 16.1. The van der Waals surface area contributed by atoms with E-state index in [2.05, 4.69) is 48.4 Å². The van der Waals surface area contributed by atoms with E-state index in [0.717, 1.165) is 51.4 Å². The predicted molar refractivity (Wildman–Crippen MR) is 101 cm³/mol. The third-order valence-corrected chi connectivity index (χ3v) is 6.00. The zero-order valence-corrected chi connectivity index (χ0v) is 16.1. The molecule has 7 nitrogen and oxygen atoms in total. The minimum Gasteiger partial charge on any atom is -0.348 e. The Morgan fingerprint density at radius 1 is 1.04 bits per heavy atom. The molecule has 0 unspecified atom stereocenters. The van der Waals surface area contributed by atoms with Gasteiger partial charge in [0.1, 0.15) is 11.6 Å². The molecule has 26 heavy (non-hydrogen) atoms. The van der Waals surface area contributed by atoms with Crippen molar-refractivity contribution in [2.24, 2.45) is 0 Å². The molecule has 0 aliphatic carbocycles. The van der Waals surface area contributed by atoms with Gasteiger partial charge in [0.05, 0.1) is 18.6 Å². The Morgan fingerprint density at radius 3 is 2.42 bits per heavy atom. The van der Waals surface area contributed by atoms with Gasteiger partial charge in [0, 0.05) is 24.7 Å². The maximum atomic E-state index is 4.62. The second kappa shape index (κ2) is 7.88. The number of rotatable bonds is 6. The fraction of sp³-hybridized carbons (Fsp3) is 0.737. The number of aryl methyl sites for hydroxylation is 1. The van der Waals surface area contributed by atoms with Crippen LogP contribution in [0, 0.1) is 6.92 Å². The molecule has 0 atom stereocenters. The third kappa shape index (κ3) is 3.69. The van der Waals surface area contributed by atoms with Crippen molar-refractivity contribution in [1.29, 1.82) is 0 Å². The molecule has 0 saturated carbocycles. The van der Waals surface area contributed by atoms with E-state index in [4.69, 9.17) is 0 Å². The van der Waals surface area contributed by atoms with Crippen LogP contribution in [0.2, 0.25) is 0 Å². The lowest BCUT2D eigenvalue weighted by Crippen LogP contribution is -2.33. The van der Waals surface area contributed by atoms with Crippen LogP contribution in [0.3, 0.4) is 0 Å². The van der Waals surface area contributed by atoms with E-state index in [0.29, 0.717) is 5.92 Å². The van der Waals surface area contributed by atoms with Gasteiger partial charge < -0.3 is 9.55 Å². The van der Waals surface area contributed by atoms with Gasteiger partial charge in [-0.2, -0.15) is 0 Å². The first-order valence-corrected chi connectivity index (χ1v) is 10.1. The van der Waals surface area contributed by atoms with Gasteiger partial charge in [-0.25, -0.2) is 4.98 Å². The Kier molecular flexibility index (Phi) is 5.36. The predicted octanol–water partition coefficient (Wildman–Crippen LogP) is 2.30. The highest BCUT2D eigenvalue weighted by Crippen LogP contribution is 2.28. The van der Waals surface area contributed by atoms with Crippen molar-refractivity contribution >= 4 is 0 Å². The Labute approximate surface area is 155 Å². The number of nitrogens with one attached hydrogen (secondary N) is 1. The Bertz CT molecular complexity index is 705. The fourth-order valence-corrected chi connectivity index (χ4v) is 4.36. The summed E-state index contributed by atoms with van der Waals surface area (Å²) < 4.78 is 2.37. The first kappa shape index (κ1) is 17.7. The Morgan fingerprint density at radius 2 is 1.77 bits per heavy atom. The van der Waals surface area contributed by atoms with Crippen LogP contribution < -0.4 is 0 Å².